The number of benzene rings is 1. The molecule has 0 aromatic heterocycles. The van der Waals surface area contributed by atoms with Gasteiger partial charge in [0.25, 0.3) is 0 Å². The predicted octanol–water partition coefficient (Wildman–Crippen LogP) is 2.01. The van der Waals surface area contributed by atoms with Crippen molar-refractivity contribution >= 4 is 5.69 Å². The van der Waals surface area contributed by atoms with E-state index in [-0.39, 0.29) is 6.04 Å². The third kappa shape index (κ3) is 2.98. The van der Waals surface area contributed by atoms with Gasteiger partial charge in [-0.15, -0.1) is 0 Å². The molecule has 1 heterocycles. The van der Waals surface area contributed by atoms with E-state index >= 15 is 0 Å². The first-order chi connectivity index (χ1) is 8.31. The van der Waals surface area contributed by atoms with Crippen molar-refractivity contribution < 1.29 is 0 Å². The molecule has 2 unspecified atom stereocenters. The van der Waals surface area contributed by atoms with Crippen LogP contribution in [0.2, 0.25) is 0 Å². The van der Waals surface area contributed by atoms with E-state index in [1.165, 1.54) is 5.69 Å². The Morgan fingerprint density at radius 2 is 2.12 bits per heavy atom. The molecule has 2 atom stereocenters. The van der Waals surface area contributed by atoms with Crippen molar-refractivity contribution in [3.63, 3.8) is 0 Å². The van der Waals surface area contributed by atoms with Gasteiger partial charge in [-0.1, -0.05) is 25.1 Å². The van der Waals surface area contributed by atoms with Gasteiger partial charge in [0.2, 0.25) is 0 Å². The Labute approximate surface area is 103 Å². The number of hydrogen-bond donors (Lipinski definition) is 1. The first-order valence-corrected chi connectivity index (χ1v) is 6.20. The predicted molar refractivity (Wildman–Crippen MR) is 69.8 cm³/mol. The minimum absolute atomic E-state index is 0.285. The Kier molecular flexibility index (Phi) is 4.00. The normalized spacial score (nSPS) is 25.1. The Balaban J connectivity index is 2.22. The molecule has 1 aliphatic heterocycles. The standard InChI is InChI=1S/C14H19N3/c1-12-9-16-10-14(7-8-15)17(11-12)13-5-3-2-4-6-13/h2-6,12,14,16H,7,9-11H2,1H3. The molecule has 1 fully saturated rings. The van der Waals surface area contributed by atoms with Gasteiger partial charge in [-0.2, -0.15) is 5.26 Å². The van der Waals surface area contributed by atoms with Crippen molar-refractivity contribution in [2.45, 2.75) is 19.4 Å². The molecule has 0 radical (unpaired) electrons. The molecule has 0 spiro atoms. The summed E-state index contributed by atoms with van der Waals surface area (Å²) in [7, 11) is 0. The molecule has 1 N–H and O–H groups in total. The van der Waals surface area contributed by atoms with Crippen molar-refractivity contribution in [3.05, 3.63) is 30.3 Å². The zero-order chi connectivity index (χ0) is 12.1. The molecule has 0 amide bonds. The van der Waals surface area contributed by atoms with Crippen LogP contribution in [0.15, 0.2) is 30.3 Å². The highest BCUT2D eigenvalue weighted by Gasteiger charge is 2.23. The molecule has 3 nitrogen and oxygen atoms in total. The third-order valence-corrected chi connectivity index (χ3v) is 3.24. The van der Waals surface area contributed by atoms with Gasteiger partial charge in [0.1, 0.15) is 0 Å². The molecule has 1 aliphatic rings. The van der Waals surface area contributed by atoms with E-state index in [4.69, 9.17) is 5.26 Å². The Bertz CT molecular complexity index is 382. The minimum atomic E-state index is 0.285. The first kappa shape index (κ1) is 11.9. The smallest absolute Gasteiger partial charge is 0.0643 e. The van der Waals surface area contributed by atoms with Crippen LogP contribution in [-0.4, -0.2) is 25.7 Å². The summed E-state index contributed by atoms with van der Waals surface area (Å²) in [5.41, 5.74) is 1.23. The molecule has 1 aromatic rings. The van der Waals surface area contributed by atoms with Crippen LogP contribution in [0.3, 0.4) is 0 Å². The van der Waals surface area contributed by atoms with Crippen LogP contribution in [0.25, 0.3) is 0 Å². The number of para-hydroxylation sites is 1. The zero-order valence-electron chi connectivity index (χ0n) is 10.3. The van der Waals surface area contributed by atoms with Gasteiger partial charge in [0.05, 0.1) is 18.5 Å². The van der Waals surface area contributed by atoms with Crippen LogP contribution in [-0.2, 0) is 0 Å². The fourth-order valence-corrected chi connectivity index (χ4v) is 2.38. The highest BCUT2D eigenvalue weighted by molar-refractivity contribution is 5.47. The topological polar surface area (TPSA) is 39.1 Å². The van der Waals surface area contributed by atoms with Crippen molar-refractivity contribution in [2.24, 2.45) is 5.92 Å². The van der Waals surface area contributed by atoms with Gasteiger partial charge in [-0.25, -0.2) is 0 Å². The average molecular weight is 229 g/mol. The lowest BCUT2D eigenvalue weighted by atomic mass is 10.1. The van der Waals surface area contributed by atoms with Gasteiger partial charge in [-0.05, 0) is 24.6 Å². The quantitative estimate of drug-likeness (QED) is 0.843. The highest BCUT2D eigenvalue weighted by Crippen LogP contribution is 2.21. The number of rotatable bonds is 2. The van der Waals surface area contributed by atoms with E-state index in [1.54, 1.807) is 0 Å². The van der Waals surface area contributed by atoms with Gasteiger partial charge in [-0.3, -0.25) is 0 Å². The average Bonchev–Trinajstić information content (AvgIpc) is 2.53. The number of nitriles is 1. The fraction of sp³-hybridized carbons (Fsp3) is 0.500. The Morgan fingerprint density at radius 1 is 1.35 bits per heavy atom. The van der Waals surface area contributed by atoms with Gasteiger partial charge < -0.3 is 10.2 Å². The summed E-state index contributed by atoms with van der Waals surface area (Å²) in [4.78, 5) is 2.37. The molecule has 1 aromatic carbocycles. The van der Waals surface area contributed by atoms with Crippen LogP contribution in [0, 0.1) is 17.2 Å². The Hall–Kier alpha value is -1.53. The SMILES string of the molecule is CC1CNCC(CC#N)N(c2ccccc2)C1. The lowest BCUT2D eigenvalue weighted by Gasteiger charge is -2.31. The second-order valence-electron chi connectivity index (χ2n) is 4.77. The van der Waals surface area contributed by atoms with Crippen LogP contribution in [0.1, 0.15) is 13.3 Å². The number of hydrogen-bond acceptors (Lipinski definition) is 3. The molecule has 3 heteroatoms. The second kappa shape index (κ2) is 5.70. The molecule has 90 valence electrons. The second-order valence-corrected chi connectivity index (χ2v) is 4.77. The summed E-state index contributed by atoms with van der Waals surface area (Å²) in [6, 6.07) is 13.0. The molecule has 0 bridgehead atoms. The maximum Gasteiger partial charge on any atom is 0.0643 e. The number of nitrogens with one attached hydrogen (secondary N) is 1. The lowest BCUT2D eigenvalue weighted by Crippen LogP contribution is -2.40. The summed E-state index contributed by atoms with van der Waals surface area (Å²) in [5, 5.41) is 12.4. The van der Waals surface area contributed by atoms with Gasteiger partial charge >= 0.3 is 0 Å². The summed E-state index contributed by atoms with van der Waals surface area (Å²) >= 11 is 0. The summed E-state index contributed by atoms with van der Waals surface area (Å²) < 4.78 is 0. The molecular weight excluding hydrogens is 210 g/mol. The maximum atomic E-state index is 8.94. The van der Waals surface area contributed by atoms with Crippen LogP contribution < -0.4 is 10.2 Å². The van der Waals surface area contributed by atoms with Crippen LogP contribution in [0.4, 0.5) is 5.69 Å². The molecule has 1 saturated heterocycles. The molecule has 17 heavy (non-hydrogen) atoms. The van der Waals surface area contributed by atoms with Crippen molar-refractivity contribution in [2.75, 3.05) is 24.5 Å². The third-order valence-electron chi connectivity index (χ3n) is 3.24. The van der Waals surface area contributed by atoms with Gasteiger partial charge in [0.15, 0.2) is 0 Å². The largest absolute Gasteiger partial charge is 0.366 e. The molecule has 0 aliphatic carbocycles. The van der Waals surface area contributed by atoms with Crippen molar-refractivity contribution in [1.29, 1.82) is 5.26 Å². The summed E-state index contributed by atoms with van der Waals surface area (Å²) in [6.07, 6.45) is 0.578. The van der Waals surface area contributed by atoms with Gasteiger partial charge in [0, 0.05) is 18.8 Å². The Morgan fingerprint density at radius 3 is 2.82 bits per heavy atom. The minimum Gasteiger partial charge on any atom is -0.366 e. The zero-order valence-corrected chi connectivity index (χ0v) is 10.3. The van der Waals surface area contributed by atoms with E-state index < -0.39 is 0 Å². The summed E-state index contributed by atoms with van der Waals surface area (Å²) in [5.74, 6) is 0.610. The van der Waals surface area contributed by atoms with Crippen molar-refractivity contribution in [1.82, 2.24) is 5.32 Å². The summed E-state index contributed by atoms with van der Waals surface area (Å²) in [6.45, 7) is 5.19. The molecule has 0 saturated carbocycles. The number of anilines is 1. The van der Waals surface area contributed by atoms with Crippen LogP contribution >= 0.6 is 0 Å². The number of nitrogens with zero attached hydrogens (tertiary/aromatic N) is 2. The molecular formula is C14H19N3. The van der Waals surface area contributed by atoms with E-state index in [0.29, 0.717) is 12.3 Å². The van der Waals surface area contributed by atoms with E-state index in [1.807, 2.05) is 6.07 Å². The van der Waals surface area contributed by atoms with Crippen LogP contribution in [0.5, 0.6) is 0 Å². The maximum absolute atomic E-state index is 8.94. The highest BCUT2D eigenvalue weighted by atomic mass is 15.2. The molecule has 2 rings (SSSR count). The monoisotopic (exact) mass is 229 g/mol. The van der Waals surface area contributed by atoms with E-state index in [2.05, 4.69) is 47.5 Å². The fourth-order valence-electron chi connectivity index (χ4n) is 2.38. The van der Waals surface area contributed by atoms with E-state index in [0.717, 1.165) is 19.6 Å². The van der Waals surface area contributed by atoms with E-state index in [9.17, 15) is 0 Å². The lowest BCUT2D eigenvalue weighted by molar-refractivity contribution is 0.563. The van der Waals surface area contributed by atoms with Crippen molar-refractivity contribution in [3.8, 4) is 6.07 Å². The first-order valence-electron chi connectivity index (χ1n) is 6.20.